The molecule has 0 aliphatic heterocycles. The quantitative estimate of drug-likeness (QED) is 0.572. The minimum absolute atomic E-state index is 1.05. The van der Waals surface area contributed by atoms with Gasteiger partial charge in [-0.05, 0) is 38.2 Å². The van der Waals surface area contributed by atoms with E-state index in [4.69, 9.17) is 5.73 Å². The van der Waals surface area contributed by atoms with Crippen molar-refractivity contribution >= 4 is 5.71 Å². The minimum atomic E-state index is 1.05. The lowest BCUT2D eigenvalue weighted by molar-refractivity contribution is 0.682. The molecule has 62 valence electrons. The van der Waals surface area contributed by atoms with E-state index < -0.39 is 0 Å². The van der Waals surface area contributed by atoms with Crippen LogP contribution in [0.4, 0.5) is 0 Å². The van der Waals surface area contributed by atoms with Gasteiger partial charge in [0, 0.05) is 18.5 Å². The van der Waals surface area contributed by atoms with Gasteiger partial charge in [-0.2, -0.15) is 0 Å². The first-order chi connectivity index (χ1) is 5.25. The Morgan fingerprint density at radius 2 is 2.00 bits per heavy atom. The van der Waals surface area contributed by atoms with E-state index in [1.54, 1.807) is 0 Å². The number of allylic oxidation sites excluding steroid dienone is 2. The fraction of sp³-hybridized carbons (Fsp3) is 0.667. The maximum atomic E-state index is 5.85. The molecule has 11 heavy (non-hydrogen) atoms. The average molecular weight is 152 g/mol. The van der Waals surface area contributed by atoms with Crippen molar-refractivity contribution in [3.8, 4) is 0 Å². The van der Waals surface area contributed by atoms with Crippen LogP contribution in [-0.4, -0.2) is 12.8 Å². The molecule has 1 aliphatic carbocycles. The third-order valence-corrected chi connectivity index (χ3v) is 2.28. The molecule has 2 heteroatoms. The second-order valence-corrected chi connectivity index (χ2v) is 3.02. The summed E-state index contributed by atoms with van der Waals surface area (Å²) in [5, 5.41) is 0. The predicted molar refractivity (Wildman–Crippen MR) is 48.7 cm³/mol. The zero-order chi connectivity index (χ0) is 8.27. The molecule has 0 atom stereocenters. The summed E-state index contributed by atoms with van der Waals surface area (Å²) in [5.74, 6) is 0. The van der Waals surface area contributed by atoms with Crippen molar-refractivity contribution in [2.24, 2.45) is 10.7 Å². The van der Waals surface area contributed by atoms with E-state index in [1.807, 2.05) is 14.0 Å². The topological polar surface area (TPSA) is 38.4 Å². The van der Waals surface area contributed by atoms with Crippen LogP contribution in [0.25, 0.3) is 0 Å². The Hall–Kier alpha value is -0.790. The highest BCUT2D eigenvalue weighted by molar-refractivity contribution is 5.98. The van der Waals surface area contributed by atoms with Crippen LogP contribution < -0.4 is 5.73 Å². The first-order valence-electron chi connectivity index (χ1n) is 4.17. The van der Waals surface area contributed by atoms with Gasteiger partial charge in [-0.15, -0.1) is 0 Å². The van der Waals surface area contributed by atoms with Crippen molar-refractivity contribution in [2.45, 2.75) is 32.6 Å². The molecular formula is C9H16N2. The molecule has 0 heterocycles. The third-order valence-electron chi connectivity index (χ3n) is 2.28. The highest BCUT2D eigenvalue weighted by Crippen LogP contribution is 2.22. The van der Waals surface area contributed by atoms with Crippen LogP contribution in [0, 0.1) is 0 Å². The number of aliphatic imine (C=N–C) groups is 1. The zero-order valence-corrected chi connectivity index (χ0v) is 7.35. The normalized spacial score (nSPS) is 20.7. The van der Waals surface area contributed by atoms with Crippen LogP contribution in [0.15, 0.2) is 16.3 Å². The van der Waals surface area contributed by atoms with Crippen molar-refractivity contribution in [2.75, 3.05) is 7.05 Å². The van der Waals surface area contributed by atoms with Crippen molar-refractivity contribution < 1.29 is 0 Å². The van der Waals surface area contributed by atoms with Gasteiger partial charge in [-0.1, -0.05) is 0 Å². The number of nitrogens with two attached hydrogens (primary N) is 1. The van der Waals surface area contributed by atoms with Gasteiger partial charge >= 0.3 is 0 Å². The van der Waals surface area contributed by atoms with Gasteiger partial charge < -0.3 is 5.73 Å². The van der Waals surface area contributed by atoms with E-state index >= 15 is 0 Å². The van der Waals surface area contributed by atoms with E-state index in [0.29, 0.717) is 0 Å². The van der Waals surface area contributed by atoms with Crippen molar-refractivity contribution in [3.05, 3.63) is 11.3 Å². The molecule has 0 radical (unpaired) electrons. The fourth-order valence-electron chi connectivity index (χ4n) is 1.48. The number of hydrogen-bond donors (Lipinski definition) is 1. The smallest absolute Gasteiger partial charge is 0.0362 e. The first kappa shape index (κ1) is 8.31. The van der Waals surface area contributed by atoms with Gasteiger partial charge in [0.1, 0.15) is 0 Å². The summed E-state index contributed by atoms with van der Waals surface area (Å²) in [4.78, 5) is 4.14. The Morgan fingerprint density at radius 1 is 1.36 bits per heavy atom. The maximum Gasteiger partial charge on any atom is 0.0362 e. The number of rotatable bonds is 1. The van der Waals surface area contributed by atoms with Gasteiger partial charge in [-0.3, -0.25) is 4.99 Å². The molecule has 0 amide bonds. The Labute approximate surface area is 68.2 Å². The summed E-state index contributed by atoms with van der Waals surface area (Å²) in [6.45, 7) is 2.04. The monoisotopic (exact) mass is 152 g/mol. The van der Waals surface area contributed by atoms with Crippen LogP contribution >= 0.6 is 0 Å². The lowest BCUT2D eigenvalue weighted by Crippen LogP contribution is -2.12. The van der Waals surface area contributed by atoms with Gasteiger partial charge in [0.15, 0.2) is 0 Å². The van der Waals surface area contributed by atoms with Gasteiger partial charge in [0.2, 0.25) is 0 Å². The molecule has 1 aliphatic rings. The number of nitrogens with zero attached hydrogens (tertiary/aromatic N) is 1. The van der Waals surface area contributed by atoms with Crippen LogP contribution in [0.5, 0.6) is 0 Å². The van der Waals surface area contributed by atoms with Gasteiger partial charge in [0.05, 0.1) is 0 Å². The van der Waals surface area contributed by atoms with Crippen LogP contribution in [0.3, 0.4) is 0 Å². The molecule has 0 spiro atoms. The molecule has 0 bridgehead atoms. The molecular weight excluding hydrogens is 136 g/mol. The molecule has 0 unspecified atom stereocenters. The Bertz CT molecular complexity index is 202. The van der Waals surface area contributed by atoms with E-state index in [0.717, 1.165) is 24.3 Å². The lowest BCUT2D eigenvalue weighted by atomic mass is 9.94. The molecule has 2 nitrogen and oxygen atoms in total. The highest BCUT2D eigenvalue weighted by atomic mass is 14.7. The van der Waals surface area contributed by atoms with Crippen molar-refractivity contribution in [3.63, 3.8) is 0 Å². The van der Waals surface area contributed by atoms with Gasteiger partial charge in [-0.25, -0.2) is 0 Å². The summed E-state index contributed by atoms with van der Waals surface area (Å²) in [6.07, 6.45) is 4.69. The summed E-state index contributed by atoms with van der Waals surface area (Å²) in [6, 6.07) is 0. The van der Waals surface area contributed by atoms with E-state index in [2.05, 4.69) is 4.99 Å². The zero-order valence-electron chi connectivity index (χ0n) is 7.35. The Kier molecular flexibility index (Phi) is 2.69. The van der Waals surface area contributed by atoms with E-state index in [1.165, 1.54) is 18.4 Å². The standard InChI is InChI=1S/C9H16N2/c1-7(11-2)8-5-3-4-6-9(8)10/h3-6,10H2,1-2H3. The van der Waals surface area contributed by atoms with E-state index in [-0.39, 0.29) is 0 Å². The van der Waals surface area contributed by atoms with Gasteiger partial charge in [0.25, 0.3) is 0 Å². The third kappa shape index (κ3) is 1.82. The molecule has 0 aromatic rings. The second-order valence-electron chi connectivity index (χ2n) is 3.02. The van der Waals surface area contributed by atoms with Crippen LogP contribution in [0.2, 0.25) is 0 Å². The van der Waals surface area contributed by atoms with E-state index in [9.17, 15) is 0 Å². The van der Waals surface area contributed by atoms with Crippen molar-refractivity contribution in [1.82, 2.24) is 0 Å². The van der Waals surface area contributed by atoms with Crippen molar-refractivity contribution in [1.29, 1.82) is 0 Å². The SMILES string of the molecule is CN=C(C)C1=C(N)CCCC1. The maximum absolute atomic E-state index is 5.85. The fourth-order valence-corrected chi connectivity index (χ4v) is 1.48. The average Bonchev–Trinajstić information content (AvgIpc) is 2.04. The molecule has 0 aromatic heterocycles. The second kappa shape index (κ2) is 3.56. The predicted octanol–water partition coefficient (Wildman–Crippen LogP) is 1.86. The number of hydrogen-bond acceptors (Lipinski definition) is 2. The summed E-state index contributed by atoms with van der Waals surface area (Å²) >= 11 is 0. The highest BCUT2D eigenvalue weighted by Gasteiger charge is 2.11. The molecule has 0 saturated heterocycles. The van der Waals surface area contributed by atoms with Crippen LogP contribution in [0.1, 0.15) is 32.6 Å². The molecule has 2 N–H and O–H groups in total. The molecule has 1 rings (SSSR count). The lowest BCUT2D eigenvalue weighted by Gasteiger charge is -2.16. The van der Waals surface area contributed by atoms with Crippen LogP contribution in [-0.2, 0) is 0 Å². The Balaban J connectivity index is 2.82. The minimum Gasteiger partial charge on any atom is -0.402 e. The first-order valence-corrected chi connectivity index (χ1v) is 4.17. The summed E-state index contributed by atoms with van der Waals surface area (Å²) in [5.41, 5.74) is 9.31. The largest absolute Gasteiger partial charge is 0.402 e. The molecule has 0 aromatic carbocycles. The summed E-state index contributed by atoms with van der Waals surface area (Å²) in [7, 11) is 1.82. The molecule has 0 saturated carbocycles. The summed E-state index contributed by atoms with van der Waals surface area (Å²) < 4.78 is 0. The Morgan fingerprint density at radius 3 is 2.55 bits per heavy atom. The molecule has 0 fully saturated rings.